The number of benzene rings is 2. The maximum Gasteiger partial charge on any atom is 0.199 e. The van der Waals surface area contributed by atoms with Crippen molar-refractivity contribution in [3.05, 3.63) is 88.6 Å². The molecule has 4 heteroatoms. The smallest absolute Gasteiger partial charge is 0.199 e. The molecule has 1 aliphatic heterocycles. The van der Waals surface area contributed by atoms with Gasteiger partial charge in [0, 0.05) is 16.8 Å². The fraction of sp³-hybridized carbons (Fsp3) is 0.250. The van der Waals surface area contributed by atoms with Crippen LogP contribution in [0.25, 0.3) is 6.08 Å². The average molecular weight is 373 g/mol. The third kappa shape index (κ3) is 3.56. The molecule has 2 aromatic carbocycles. The topological polar surface area (TPSA) is 41.8 Å². The number of rotatable bonds is 4. The fourth-order valence-corrected chi connectivity index (χ4v) is 4.03. The number of quaternary nitrogens is 1. The van der Waals surface area contributed by atoms with Crippen LogP contribution < -0.4 is 4.90 Å². The second kappa shape index (κ2) is 7.95. The van der Waals surface area contributed by atoms with Gasteiger partial charge in [0.2, 0.25) is 0 Å². The Morgan fingerprint density at radius 1 is 0.929 bits per heavy atom. The summed E-state index contributed by atoms with van der Waals surface area (Å²) in [5.41, 5.74) is 3.48. The van der Waals surface area contributed by atoms with Gasteiger partial charge in [0.15, 0.2) is 11.6 Å². The molecule has 1 saturated heterocycles. The quantitative estimate of drug-likeness (QED) is 0.660. The van der Waals surface area contributed by atoms with E-state index in [1.165, 1.54) is 10.5 Å². The Balaban J connectivity index is 1.39. The molecule has 1 heterocycles. The lowest BCUT2D eigenvalue weighted by Gasteiger charge is -2.34. The van der Waals surface area contributed by atoms with Crippen LogP contribution in [0.5, 0.6) is 0 Å². The van der Waals surface area contributed by atoms with Crippen LogP contribution in [0.2, 0.25) is 0 Å². The van der Waals surface area contributed by atoms with Crippen LogP contribution >= 0.6 is 0 Å². The molecule has 28 heavy (non-hydrogen) atoms. The van der Waals surface area contributed by atoms with Gasteiger partial charge in [-0.05, 0) is 18.6 Å². The maximum atomic E-state index is 12.7. The number of Topliss-reactive ketones (excluding diaryl/α,β-unsaturated/α-hetero) is 2. The van der Waals surface area contributed by atoms with Gasteiger partial charge in [0.1, 0.15) is 0 Å². The molecule has 1 fully saturated rings. The lowest BCUT2D eigenvalue weighted by atomic mass is 10.1. The van der Waals surface area contributed by atoms with Crippen molar-refractivity contribution in [3.8, 4) is 0 Å². The Morgan fingerprint density at radius 2 is 1.50 bits per heavy atom. The molecule has 0 aromatic heterocycles. The van der Waals surface area contributed by atoms with E-state index in [-0.39, 0.29) is 11.6 Å². The highest BCUT2D eigenvalue weighted by molar-refractivity contribution is 6.39. The molecule has 1 N–H and O–H groups in total. The molecule has 0 atom stereocenters. The number of nitrogens with one attached hydrogen (secondary N) is 1. The summed E-state index contributed by atoms with van der Waals surface area (Å²) in [6.07, 6.45) is 4.39. The zero-order chi connectivity index (χ0) is 19.5. The van der Waals surface area contributed by atoms with Crippen molar-refractivity contribution in [2.75, 3.05) is 32.7 Å². The molecule has 0 spiro atoms. The first-order valence-corrected chi connectivity index (χ1v) is 9.84. The highest BCUT2D eigenvalue weighted by atomic mass is 16.2. The molecule has 4 rings (SSSR count). The summed E-state index contributed by atoms with van der Waals surface area (Å²) in [5.74, 6) is -0.252. The standard InChI is InChI=1S/C24H24N2O2/c1-18(22-23(27)20-11-5-6-12-21(20)24(22)28)26-16-14-25(15-17-26)13-7-10-19-8-3-2-4-9-19/h2-12H,13-17H2,1H3/p+1/b10-7+. The average Bonchev–Trinajstić information content (AvgIpc) is 2.99. The van der Waals surface area contributed by atoms with E-state index in [9.17, 15) is 9.59 Å². The van der Waals surface area contributed by atoms with Gasteiger partial charge in [0.05, 0.1) is 38.3 Å². The van der Waals surface area contributed by atoms with E-state index in [1.807, 2.05) is 37.3 Å². The maximum absolute atomic E-state index is 12.7. The third-order valence-corrected chi connectivity index (χ3v) is 5.69. The van der Waals surface area contributed by atoms with Gasteiger partial charge in [-0.25, -0.2) is 0 Å². The largest absolute Gasteiger partial charge is 0.363 e. The van der Waals surface area contributed by atoms with Gasteiger partial charge in [-0.3, -0.25) is 9.59 Å². The Kier molecular flexibility index (Phi) is 5.22. The van der Waals surface area contributed by atoms with Crippen molar-refractivity contribution in [3.63, 3.8) is 0 Å². The molecule has 0 bridgehead atoms. The lowest BCUT2D eigenvalue weighted by molar-refractivity contribution is -0.898. The van der Waals surface area contributed by atoms with E-state index < -0.39 is 0 Å². The summed E-state index contributed by atoms with van der Waals surface area (Å²) in [4.78, 5) is 29.1. The van der Waals surface area contributed by atoms with Crippen molar-refractivity contribution in [2.45, 2.75) is 6.92 Å². The SMILES string of the molecule is CC(=C1C(=O)c2ccccc2C1=O)N1CC[NH+](C/C=C/c2ccccc2)CC1. The summed E-state index contributed by atoms with van der Waals surface area (Å²) >= 11 is 0. The summed E-state index contributed by atoms with van der Waals surface area (Å²) in [5, 5.41) is 0. The second-order valence-corrected chi connectivity index (χ2v) is 7.42. The number of hydrogen-bond donors (Lipinski definition) is 1. The number of hydrogen-bond acceptors (Lipinski definition) is 3. The molecule has 2 aromatic rings. The number of carbonyl (C=O) groups excluding carboxylic acids is 2. The van der Waals surface area contributed by atoms with E-state index in [4.69, 9.17) is 0 Å². The molecular weight excluding hydrogens is 348 g/mol. The van der Waals surface area contributed by atoms with Crippen LogP contribution in [0.15, 0.2) is 71.9 Å². The number of allylic oxidation sites excluding steroid dienone is 2. The Morgan fingerprint density at radius 3 is 2.11 bits per heavy atom. The van der Waals surface area contributed by atoms with Crippen molar-refractivity contribution < 1.29 is 14.5 Å². The number of ketones is 2. The minimum atomic E-state index is -0.126. The second-order valence-electron chi connectivity index (χ2n) is 7.42. The van der Waals surface area contributed by atoms with Gasteiger partial charge in [0.25, 0.3) is 0 Å². The van der Waals surface area contributed by atoms with E-state index >= 15 is 0 Å². The first-order chi connectivity index (χ1) is 13.6. The Hall–Kier alpha value is -2.98. The Labute approximate surface area is 165 Å². The minimum Gasteiger partial charge on any atom is -0.363 e. The minimum absolute atomic E-state index is 0.126. The number of fused-ring (bicyclic) bond motifs is 1. The molecule has 4 nitrogen and oxygen atoms in total. The van der Waals surface area contributed by atoms with E-state index in [1.54, 1.807) is 12.1 Å². The summed E-state index contributed by atoms with van der Waals surface area (Å²) in [7, 11) is 0. The number of carbonyl (C=O) groups is 2. The summed E-state index contributed by atoms with van der Waals surface area (Å²) in [6, 6.07) is 17.4. The van der Waals surface area contributed by atoms with Crippen molar-refractivity contribution in [2.24, 2.45) is 0 Å². The predicted octanol–water partition coefficient (Wildman–Crippen LogP) is 2.25. The zero-order valence-corrected chi connectivity index (χ0v) is 16.2. The van der Waals surface area contributed by atoms with E-state index in [2.05, 4.69) is 29.2 Å². The molecule has 2 aliphatic rings. The number of piperazine rings is 1. The summed E-state index contributed by atoms with van der Waals surface area (Å²) in [6.45, 7) is 6.62. The molecule has 1 aliphatic carbocycles. The summed E-state index contributed by atoms with van der Waals surface area (Å²) < 4.78 is 0. The van der Waals surface area contributed by atoms with Crippen LogP contribution in [-0.2, 0) is 0 Å². The van der Waals surface area contributed by atoms with Crippen molar-refractivity contribution >= 4 is 17.6 Å². The van der Waals surface area contributed by atoms with Crippen molar-refractivity contribution in [1.82, 2.24) is 4.90 Å². The lowest BCUT2D eigenvalue weighted by Crippen LogP contribution is -3.14. The van der Waals surface area contributed by atoms with Crippen LogP contribution in [0.3, 0.4) is 0 Å². The Bertz CT molecular complexity index is 915. The highest BCUT2D eigenvalue weighted by Gasteiger charge is 2.36. The van der Waals surface area contributed by atoms with Crippen LogP contribution in [0, 0.1) is 0 Å². The normalized spacial score (nSPS) is 17.5. The fourth-order valence-electron chi connectivity index (χ4n) is 4.03. The molecule has 0 saturated carbocycles. The zero-order valence-electron chi connectivity index (χ0n) is 16.2. The van der Waals surface area contributed by atoms with Gasteiger partial charge in [-0.1, -0.05) is 60.7 Å². The van der Waals surface area contributed by atoms with Crippen molar-refractivity contribution in [1.29, 1.82) is 0 Å². The van der Waals surface area contributed by atoms with E-state index in [0.29, 0.717) is 16.7 Å². The van der Waals surface area contributed by atoms with Gasteiger partial charge < -0.3 is 9.80 Å². The van der Waals surface area contributed by atoms with Crippen LogP contribution in [-0.4, -0.2) is 49.2 Å². The monoisotopic (exact) mass is 373 g/mol. The van der Waals surface area contributed by atoms with Gasteiger partial charge >= 0.3 is 0 Å². The third-order valence-electron chi connectivity index (χ3n) is 5.69. The first kappa shape index (κ1) is 18.4. The molecular formula is C24H25N2O2+. The van der Waals surface area contributed by atoms with E-state index in [0.717, 1.165) is 38.4 Å². The molecule has 0 radical (unpaired) electrons. The van der Waals surface area contributed by atoms with Gasteiger partial charge in [-0.2, -0.15) is 0 Å². The first-order valence-electron chi connectivity index (χ1n) is 9.84. The number of nitrogens with zero attached hydrogens (tertiary/aromatic N) is 1. The highest BCUT2D eigenvalue weighted by Crippen LogP contribution is 2.29. The van der Waals surface area contributed by atoms with Crippen LogP contribution in [0.4, 0.5) is 0 Å². The molecule has 0 amide bonds. The predicted molar refractivity (Wildman–Crippen MR) is 110 cm³/mol. The molecule has 0 unspecified atom stereocenters. The molecule has 142 valence electrons. The van der Waals surface area contributed by atoms with Gasteiger partial charge in [-0.15, -0.1) is 0 Å². The van der Waals surface area contributed by atoms with Crippen LogP contribution in [0.1, 0.15) is 33.2 Å².